The van der Waals surface area contributed by atoms with Crippen molar-refractivity contribution in [2.45, 2.75) is 44.5 Å². The van der Waals surface area contributed by atoms with Gasteiger partial charge in [0.15, 0.2) is 11.6 Å². The van der Waals surface area contributed by atoms with Gasteiger partial charge < -0.3 is 4.74 Å². The maximum Gasteiger partial charge on any atom is 0.343 e. The highest BCUT2D eigenvalue weighted by Crippen LogP contribution is 2.60. The molecule has 2 aliphatic carbocycles. The third-order valence-corrected chi connectivity index (χ3v) is 5.50. The number of ether oxygens (including phenoxy) is 1. The highest BCUT2D eigenvalue weighted by molar-refractivity contribution is 5.80. The maximum absolute atomic E-state index is 15.2. The number of rotatable bonds is 3. The molecule has 0 aromatic heterocycles. The summed E-state index contributed by atoms with van der Waals surface area (Å²) in [4.78, 5) is 0. The van der Waals surface area contributed by atoms with E-state index in [4.69, 9.17) is 4.74 Å². The van der Waals surface area contributed by atoms with Crippen molar-refractivity contribution in [1.82, 2.24) is 0 Å². The molecule has 154 valence electrons. The van der Waals surface area contributed by atoms with Gasteiger partial charge in [-0.2, -0.15) is 17.6 Å². The maximum atomic E-state index is 15.2. The Hall–Kier alpha value is -2.44. The molecule has 1 nitrogen and oxygen atoms in total. The molecule has 0 aliphatic heterocycles. The second-order valence-electron chi connectivity index (χ2n) is 7.21. The zero-order valence-electron chi connectivity index (χ0n) is 15.6. The summed E-state index contributed by atoms with van der Waals surface area (Å²) in [7, 11) is 0. The lowest BCUT2D eigenvalue weighted by Crippen LogP contribution is -2.41. The van der Waals surface area contributed by atoms with E-state index in [9.17, 15) is 22.0 Å². The number of halogens is 6. The summed E-state index contributed by atoms with van der Waals surface area (Å²) in [6.07, 6.45) is 4.57. The largest absolute Gasteiger partial charge is 0.491 e. The summed E-state index contributed by atoms with van der Waals surface area (Å²) >= 11 is 0. The Labute approximate surface area is 164 Å². The molecule has 0 N–H and O–H groups in total. The van der Waals surface area contributed by atoms with Crippen molar-refractivity contribution in [2.24, 2.45) is 0 Å². The molecule has 0 unspecified atom stereocenters. The molecule has 0 heterocycles. The Morgan fingerprint density at radius 3 is 2.00 bits per heavy atom. The molecule has 29 heavy (non-hydrogen) atoms. The lowest BCUT2D eigenvalue weighted by molar-refractivity contribution is -0.227. The summed E-state index contributed by atoms with van der Waals surface area (Å²) < 4.78 is 94.5. The summed E-state index contributed by atoms with van der Waals surface area (Å²) in [5.41, 5.74) is -3.32. The first-order valence-corrected chi connectivity index (χ1v) is 9.46. The van der Waals surface area contributed by atoms with Gasteiger partial charge in [0.05, 0.1) is 17.7 Å². The summed E-state index contributed by atoms with van der Waals surface area (Å²) in [5, 5.41) is 0. The molecular weight excluding hydrogens is 394 g/mol. The molecule has 0 saturated carbocycles. The van der Waals surface area contributed by atoms with Crippen LogP contribution in [-0.4, -0.2) is 6.61 Å². The smallest absolute Gasteiger partial charge is 0.343 e. The first kappa shape index (κ1) is 19.9. The van der Waals surface area contributed by atoms with Gasteiger partial charge in [-0.25, -0.2) is 8.78 Å². The minimum Gasteiger partial charge on any atom is -0.491 e. The van der Waals surface area contributed by atoms with Crippen molar-refractivity contribution < 1.29 is 31.1 Å². The van der Waals surface area contributed by atoms with Crippen LogP contribution in [0.15, 0.2) is 30.3 Å². The van der Waals surface area contributed by atoms with Gasteiger partial charge in [0.2, 0.25) is 0 Å². The summed E-state index contributed by atoms with van der Waals surface area (Å²) in [6.45, 7) is 1.49. The Morgan fingerprint density at radius 1 is 0.828 bits per heavy atom. The third kappa shape index (κ3) is 2.77. The van der Waals surface area contributed by atoms with Crippen LogP contribution in [0.3, 0.4) is 0 Å². The van der Waals surface area contributed by atoms with Gasteiger partial charge in [-0.05, 0) is 61.4 Å². The number of fused-ring (bicyclic) bond motifs is 3. The van der Waals surface area contributed by atoms with Crippen molar-refractivity contribution in [3.8, 4) is 16.9 Å². The molecule has 0 atom stereocenters. The topological polar surface area (TPSA) is 9.23 Å². The standard InChI is InChI=1S/C22H18F6O/c1-2-29-16-11-10-15-14-9-8-13(12-6-4-3-5-7-12)19(23)17(14)21(25,26)22(27,28)18(15)20(16)24/h6,8-11H,2-5,7H2,1H3. The van der Waals surface area contributed by atoms with Crippen LogP contribution in [0.2, 0.25) is 0 Å². The number of hydrogen-bond acceptors (Lipinski definition) is 1. The SMILES string of the molecule is CCOc1ccc2c(c1F)C(F)(F)C(F)(F)c1c-2ccc(C2=CCCCC2)c1F. The van der Waals surface area contributed by atoms with E-state index in [-0.39, 0.29) is 12.2 Å². The van der Waals surface area contributed by atoms with Crippen molar-refractivity contribution in [3.63, 3.8) is 0 Å². The number of hydrogen-bond donors (Lipinski definition) is 0. The Morgan fingerprint density at radius 2 is 1.41 bits per heavy atom. The minimum atomic E-state index is -4.94. The minimum absolute atomic E-state index is 0.0264. The second kappa shape index (κ2) is 6.82. The van der Waals surface area contributed by atoms with Crippen molar-refractivity contribution in [3.05, 3.63) is 58.7 Å². The van der Waals surface area contributed by atoms with Crippen LogP contribution in [-0.2, 0) is 11.8 Å². The monoisotopic (exact) mass is 412 g/mol. The van der Waals surface area contributed by atoms with Gasteiger partial charge in [0.1, 0.15) is 5.82 Å². The van der Waals surface area contributed by atoms with Crippen LogP contribution in [0.1, 0.15) is 49.3 Å². The predicted octanol–water partition coefficient (Wildman–Crippen LogP) is 7.19. The highest BCUT2D eigenvalue weighted by Gasteiger charge is 2.65. The van der Waals surface area contributed by atoms with Crippen molar-refractivity contribution in [1.29, 1.82) is 0 Å². The fourth-order valence-corrected chi connectivity index (χ4v) is 4.11. The molecule has 2 aromatic carbocycles. The zero-order chi connectivity index (χ0) is 21.0. The molecule has 0 fully saturated rings. The quantitative estimate of drug-likeness (QED) is 0.485. The van der Waals surface area contributed by atoms with E-state index in [1.807, 2.05) is 0 Å². The van der Waals surface area contributed by atoms with Crippen LogP contribution in [0, 0.1) is 11.6 Å². The zero-order valence-corrected chi connectivity index (χ0v) is 15.6. The molecule has 0 spiro atoms. The highest BCUT2D eigenvalue weighted by atomic mass is 19.3. The van der Waals surface area contributed by atoms with E-state index in [2.05, 4.69) is 0 Å². The number of benzene rings is 2. The lowest BCUT2D eigenvalue weighted by atomic mass is 9.78. The lowest BCUT2D eigenvalue weighted by Gasteiger charge is -2.36. The summed E-state index contributed by atoms with van der Waals surface area (Å²) in [6, 6.07) is 4.65. The molecule has 2 aliphatic rings. The van der Waals surface area contributed by atoms with E-state index in [0.717, 1.165) is 25.0 Å². The van der Waals surface area contributed by atoms with Crippen molar-refractivity contribution >= 4 is 5.57 Å². The predicted molar refractivity (Wildman–Crippen MR) is 97.2 cm³/mol. The normalized spacial score (nSPS) is 19.2. The molecule has 0 saturated heterocycles. The Kier molecular flexibility index (Phi) is 4.67. The van der Waals surface area contributed by atoms with Crippen LogP contribution in [0.4, 0.5) is 26.3 Å². The Balaban J connectivity index is 2.01. The van der Waals surface area contributed by atoms with Crippen LogP contribution < -0.4 is 4.74 Å². The second-order valence-corrected chi connectivity index (χ2v) is 7.21. The summed E-state index contributed by atoms with van der Waals surface area (Å²) in [5.74, 6) is -13.3. The van der Waals surface area contributed by atoms with Gasteiger partial charge in [-0.1, -0.05) is 18.2 Å². The average Bonchev–Trinajstić information content (AvgIpc) is 2.68. The van der Waals surface area contributed by atoms with E-state index in [1.165, 1.54) is 19.1 Å². The first-order chi connectivity index (χ1) is 13.7. The van der Waals surface area contributed by atoms with Gasteiger partial charge in [0, 0.05) is 5.56 Å². The van der Waals surface area contributed by atoms with Crippen molar-refractivity contribution in [2.75, 3.05) is 6.61 Å². The molecule has 0 radical (unpaired) electrons. The van der Waals surface area contributed by atoms with Crippen LogP contribution >= 0.6 is 0 Å². The fourth-order valence-electron chi connectivity index (χ4n) is 4.11. The van der Waals surface area contributed by atoms with E-state index >= 15 is 4.39 Å². The Bertz CT molecular complexity index is 1010. The number of alkyl halides is 4. The molecular formula is C22H18F6O. The number of allylic oxidation sites excluding steroid dienone is 2. The van der Waals surface area contributed by atoms with Gasteiger partial charge in [-0.3, -0.25) is 0 Å². The molecule has 0 amide bonds. The van der Waals surface area contributed by atoms with Gasteiger partial charge >= 0.3 is 11.8 Å². The first-order valence-electron chi connectivity index (χ1n) is 9.46. The fraction of sp³-hybridized carbons (Fsp3) is 0.364. The third-order valence-electron chi connectivity index (χ3n) is 5.50. The van der Waals surface area contributed by atoms with Crippen LogP contribution in [0.5, 0.6) is 5.75 Å². The molecule has 2 aromatic rings. The molecule has 4 rings (SSSR count). The van der Waals surface area contributed by atoms with Gasteiger partial charge in [0.25, 0.3) is 0 Å². The molecule has 7 heteroatoms. The molecule has 0 bridgehead atoms. The van der Waals surface area contributed by atoms with Gasteiger partial charge in [-0.15, -0.1) is 0 Å². The van der Waals surface area contributed by atoms with E-state index in [1.54, 1.807) is 6.08 Å². The van der Waals surface area contributed by atoms with E-state index in [0.29, 0.717) is 18.4 Å². The average molecular weight is 412 g/mol. The van der Waals surface area contributed by atoms with E-state index < -0.39 is 51.5 Å². The van der Waals surface area contributed by atoms with Crippen LogP contribution in [0.25, 0.3) is 16.7 Å².